The van der Waals surface area contributed by atoms with Crippen LogP contribution in [0.1, 0.15) is 0 Å². The SMILES string of the molecule is IC(I)=C(I)C[n+]1ccccc1. The summed E-state index contributed by atoms with van der Waals surface area (Å²) in [6, 6.07) is 6.12. The molecule has 0 bridgehead atoms. The Hall–Kier alpha value is 1.08. The minimum Gasteiger partial charge on any atom is -0.200 e. The highest BCUT2D eigenvalue weighted by atomic mass is 127. The molecule has 0 spiro atoms. The summed E-state index contributed by atoms with van der Waals surface area (Å²) in [7, 11) is 0. The van der Waals surface area contributed by atoms with Crippen molar-refractivity contribution in [3.8, 4) is 0 Å². The summed E-state index contributed by atoms with van der Waals surface area (Å²) < 4.78 is 4.88. The third-order valence-electron chi connectivity index (χ3n) is 1.30. The van der Waals surface area contributed by atoms with Gasteiger partial charge in [0.15, 0.2) is 18.9 Å². The van der Waals surface area contributed by atoms with E-state index in [1.165, 1.54) is 5.17 Å². The lowest BCUT2D eigenvalue weighted by atomic mass is 10.5. The highest BCUT2D eigenvalue weighted by molar-refractivity contribution is 14.2. The molecule has 64 valence electrons. The van der Waals surface area contributed by atoms with E-state index >= 15 is 0 Å². The molecule has 1 rings (SSSR count). The molecule has 0 unspecified atom stereocenters. The largest absolute Gasteiger partial charge is 0.200 e. The van der Waals surface area contributed by atoms with Crippen LogP contribution in [0.15, 0.2) is 35.8 Å². The zero-order chi connectivity index (χ0) is 8.97. The van der Waals surface area contributed by atoms with E-state index in [-0.39, 0.29) is 0 Å². The molecule has 1 aromatic heterocycles. The van der Waals surface area contributed by atoms with E-state index in [0.29, 0.717) is 0 Å². The van der Waals surface area contributed by atoms with E-state index in [0.717, 1.165) is 6.54 Å². The Morgan fingerprint density at radius 3 is 2.08 bits per heavy atom. The van der Waals surface area contributed by atoms with Crippen molar-refractivity contribution >= 4 is 67.8 Å². The number of hydrogen-bond acceptors (Lipinski definition) is 0. The maximum Gasteiger partial charge on any atom is 0.180 e. The Bertz CT molecular complexity index is 278. The molecule has 0 saturated heterocycles. The van der Waals surface area contributed by atoms with Crippen molar-refractivity contribution in [1.29, 1.82) is 0 Å². The topological polar surface area (TPSA) is 3.88 Å². The number of allylic oxidation sites excluding steroid dienone is 1. The van der Waals surface area contributed by atoms with E-state index in [1.54, 1.807) is 0 Å². The Kier molecular flexibility index (Phi) is 5.33. The molecule has 0 radical (unpaired) electrons. The Labute approximate surface area is 113 Å². The second-order valence-corrected chi connectivity index (χ2v) is 7.74. The molecule has 0 aliphatic rings. The molecule has 0 amide bonds. The third kappa shape index (κ3) is 3.86. The molecular formula is C8H7I3N+. The first kappa shape index (κ1) is 11.2. The van der Waals surface area contributed by atoms with Crippen LogP contribution in [0, 0.1) is 0 Å². The molecule has 1 nitrogen and oxygen atoms in total. The van der Waals surface area contributed by atoms with Crippen molar-refractivity contribution in [2.24, 2.45) is 0 Å². The maximum absolute atomic E-state index is 2.38. The van der Waals surface area contributed by atoms with Gasteiger partial charge >= 0.3 is 0 Å². The molecule has 4 heteroatoms. The van der Waals surface area contributed by atoms with E-state index in [9.17, 15) is 0 Å². The van der Waals surface area contributed by atoms with Crippen LogP contribution >= 0.6 is 67.8 Å². The Morgan fingerprint density at radius 1 is 1.00 bits per heavy atom. The van der Waals surface area contributed by atoms with Gasteiger partial charge in [-0.05, 0) is 67.8 Å². The molecule has 0 aromatic carbocycles. The normalized spacial score (nSPS) is 9.58. The fourth-order valence-electron chi connectivity index (χ4n) is 0.760. The van der Waals surface area contributed by atoms with Crippen molar-refractivity contribution in [2.75, 3.05) is 0 Å². The van der Waals surface area contributed by atoms with Crippen LogP contribution in [0.4, 0.5) is 0 Å². The lowest BCUT2D eigenvalue weighted by Gasteiger charge is -1.95. The van der Waals surface area contributed by atoms with Crippen LogP contribution in [0.5, 0.6) is 0 Å². The molecule has 1 heterocycles. The summed E-state index contributed by atoms with van der Waals surface area (Å²) >= 11 is 7.06. The molecule has 0 saturated carbocycles. The van der Waals surface area contributed by atoms with Crippen LogP contribution in [0.2, 0.25) is 0 Å². The van der Waals surface area contributed by atoms with Crippen LogP contribution in [-0.2, 0) is 6.54 Å². The van der Waals surface area contributed by atoms with E-state index in [1.807, 2.05) is 18.2 Å². The van der Waals surface area contributed by atoms with Crippen LogP contribution < -0.4 is 4.57 Å². The summed E-state index contributed by atoms with van der Waals surface area (Å²) in [5.41, 5.74) is 0. The van der Waals surface area contributed by atoms with Crippen molar-refractivity contribution in [3.63, 3.8) is 0 Å². The van der Waals surface area contributed by atoms with Crippen molar-refractivity contribution in [3.05, 3.63) is 35.8 Å². The molecule has 1 aromatic rings. The molecule has 0 N–H and O–H groups in total. The summed E-state index contributed by atoms with van der Waals surface area (Å²) in [5.74, 6) is 0. The molecule has 0 aliphatic heterocycles. The summed E-state index contributed by atoms with van der Waals surface area (Å²) in [5, 5.41) is 0. The predicted molar refractivity (Wildman–Crippen MR) is 75.7 cm³/mol. The lowest BCUT2D eigenvalue weighted by molar-refractivity contribution is -0.687. The highest BCUT2D eigenvalue weighted by Crippen LogP contribution is 2.24. The highest BCUT2D eigenvalue weighted by Gasteiger charge is 2.03. The first-order valence-electron chi connectivity index (χ1n) is 3.34. The smallest absolute Gasteiger partial charge is 0.180 e. The predicted octanol–water partition coefficient (Wildman–Crippen LogP) is 3.45. The summed E-state index contributed by atoms with van der Waals surface area (Å²) in [6.07, 6.45) is 4.16. The minimum atomic E-state index is 0.975. The van der Waals surface area contributed by atoms with Crippen molar-refractivity contribution < 1.29 is 4.57 Å². The Morgan fingerprint density at radius 2 is 1.58 bits per heavy atom. The van der Waals surface area contributed by atoms with Crippen LogP contribution in [0.25, 0.3) is 0 Å². The average Bonchev–Trinajstić information content (AvgIpc) is 2.06. The first-order valence-corrected chi connectivity index (χ1v) is 6.57. The zero-order valence-corrected chi connectivity index (χ0v) is 12.6. The second kappa shape index (κ2) is 5.74. The van der Waals surface area contributed by atoms with Gasteiger partial charge in [-0.15, -0.1) is 0 Å². The number of nitrogens with zero attached hydrogens (tertiary/aromatic N) is 1. The number of aromatic nitrogens is 1. The third-order valence-corrected chi connectivity index (χ3v) is 5.55. The molecule has 0 atom stereocenters. The summed E-state index contributed by atoms with van der Waals surface area (Å²) in [6.45, 7) is 0.975. The van der Waals surface area contributed by atoms with Gasteiger partial charge in [0.05, 0.1) is 5.17 Å². The standard InChI is InChI=1S/C8H7I3N/c9-7(8(10)11)6-12-4-2-1-3-5-12/h1-5H,6H2/q+1. The molecular weight excluding hydrogens is 491 g/mol. The van der Waals surface area contributed by atoms with Gasteiger partial charge in [0, 0.05) is 12.1 Å². The van der Waals surface area contributed by atoms with Gasteiger partial charge in [-0.1, -0.05) is 6.07 Å². The Balaban J connectivity index is 2.72. The quantitative estimate of drug-likeness (QED) is 0.435. The van der Waals surface area contributed by atoms with Gasteiger partial charge in [0.1, 0.15) is 0 Å². The first-order chi connectivity index (χ1) is 5.70. The second-order valence-electron chi connectivity index (χ2n) is 2.21. The van der Waals surface area contributed by atoms with Gasteiger partial charge in [-0.3, -0.25) is 0 Å². The number of hydrogen-bond donors (Lipinski definition) is 0. The minimum absolute atomic E-state index is 0.975. The van der Waals surface area contributed by atoms with Gasteiger partial charge in [0.2, 0.25) is 0 Å². The van der Waals surface area contributed by atoms with Gasteiger partial charge < -0.3 is 0 Å². The monoisotopic (exact) mass is 498 g/mol. The maximum atomic E-state index is 2.38. The van der Waals surface area contributed by atoms with Gasteiger partial charge in [0.25, 0.3) is 0 Å². The van der Waals surface area contributed by atoms with Gasteiger partial charge in [-0.2, -0.15) is 0 Å². The zero-order valence-electron chi connectivity index (χ0n) is 6.17. The van der Waals surface area contributed by atoms with Crippen molar-refractivity contribution in [1.82, 2.24) is 0 Å². The summed E-state index contributed by atoms with van der Waals surface area (Å²) in [4.78, 5) is 0. The number of halogens is 3. The van der Waals surface area contributed by atoms with E-state index in [4.69, 9.17) is 0 Å². The number of rotatable bonds is 2. The molecule has 0 fully saturated rings. The fraction of sp³-hybridized carbons (Fsp3) is 0.125. The molecule has 0 aliphatic carbocycles. The van der Waals surface area contributed by atoms with Gasteiger partial charge in [-0.25, -0.2) is 4.57 Å². The van der Waals surface area contributed by atoms with Crippen molar-refractivity contribution in [2.45, 2.75) is 6.54 Å². The lowest BCUT2D eigenvalue weighted by Crippen LogP contribution is -2.32. The van der Waals surface area contributed by atoms with E-state index < -0.39 is 0 Å². The number of pyridine rings is 1. The average molecular weight is 498 g/mol. The van der Waals surface area contributed by atoms with Crippen LogP contribution in [0.3, 0.4) is 0 Å². The molecule has 12 heavy (non-hydrogen) atoms. The van der Waals surface area contributed by atoms with Crippen LogP contribution in [-0.4, -0.2) is 0 Å². The van der Waals surface area contributed by atoms with E-state index in [2.05, 4.69) is 84.7 Å². The fourth-order valence-corrected chi connectivity index (χ4v) is 1.49.